The Bertz CT molecular complexity index is 8450. The zero-order valence-electron chi connectivity index (χ0n) is 72.9. The Balaban J connectivity index is 0.630. The van der Waals surface area contributed by atoms with Gasteiger partial charge in [-0.1, -0.05) is 348 Å². The molecule has 8 heterocycles. The Morgan fingerprint density at radius 2 is 0.291 bits per heavy atom. The normalized spacial score (nSPS) is 12.4. The summed E-state index contributed by atoms with van der Waals surface area (Å²) in [5.41, 5.74) is 42.7. The van der Waals surface area contributed by atoms with Crippen molar-refractivity contribution >= 4 is 177 Å². The van der Waals surface area contributed by atoms with Crippen LogP contribution in [-0.4, -0.2) is 40.8 Å². The number of para-hydroxylation sites is 8. The predicted octanol–water partition coefficient (Wildman–Crippen LogP) is 27.9. The van der Waals surface area contributed by atoms with Gasteiger partial charge in [0.15, 0.2) is 0 Å². The molecule has 0 radical (unpaired) electrons. The molecular formula is C126H78B2N6. The molecule has 29 rings (SSSR count). The predicted molar refractivity (Wildman–Crippen MR) is 567 cm³/mol. The summed E-state index contributed by atoms with van der Waals surface area (Å²) in [7, 11) is 0. The summed E-state index contributed by atoms with van der Waals surface area (Å²) in [6.45, 7) is 0.184. The first-order valence-corrected chi connectivity index (χ1v) is 46.6. The van der Waals surface area contributed by atoms with Crippen molar-refractivity contribution in [3.05, 3.63) is 473 Å². The third-order valence-corrected chi connectivity index (χ3v) is 29.6. The quantitative estimate of drug-likeness (QED) is 0.109. The molecule has 0 atom stereocenters. The van der Waals surface area contributed by atoms with Crippen LogP contribution in [0.2, 0.25) is 0 Å². The Kier molecular flexibility index (Phi) is 16.1. The molecule has 0 spiro atoms. The van der Waals surface area contributed by atoms with Gasteiger partial charge in [0.05, 0.1) is 66.2 Å². The van der Waals surface area contributed by atoms with Gasteiger partial charge < -0.3 is 27.4 Å². The highest BCUT2D eigenvalue weighted by Gasteiger charge is 2.36. The molecule has 6 aromatic heterocycles. The van der Waals surface area contributed by atoms with E-state index in [1.165, 1.54) is 164 Å². The molecule has 2 aliphatic rings. The standard InChI is InChI=1S/C126H78B2N6/c1-13-37-111-91(25-1)92-26-2-14-38-112(92)127(111)83-57-49-79(50-58-83)103-77-106(82-55-63-86(64-56-82)130-125-71-67-89(133-119-45-21-9-33-99(119)100-34-10-22-46-120(100)133)75-109(125)110-76-90(68-72-126(110)130)134-121-47-23-11-35-101(121)102-36-12-24-48-122(102)134)104(80-51-59-84(60-52-80)128-113-39-15-3-27-93(113)94-28-4-16-40-114(94)128)78-105(103)81-53-61-85(62-54-81)129-123-69-65-87(131-115-41-17-5-29-95(115)96-30-6-18-42-116(96)131)73-107(123)108-74-88(66-70-124(108)129)132-117-43-19-7-31-97(117)98-32-8-20-44-118(98)132/h1-78H. The molecule has 0 saturated carbocycles. The molecule has 0 aliphatic carbocycles. The van der Waals surface area contributed by atoms with Crippen molar-refractivity contribution < 1.29 is 0 Å². The van der Waals surface area contributed by atoms with Crippen LogP contribution in [0, 0.1) is 0 Å². The minimum Gasteiger partial charge on any atom is -0.309 e. The molecule has 0 bridgehead atoms. The van der Waals surface area contributed by atoms with E-state index in [1.807, 2.05) is 0 Å². The lowest BCUT2D eigenvalue weighted by molar-refractivity contribution is 1.16. The summed E-state index contributed by atoms with van der Waals surface area (Å²) >= 11 is 0. The molecule has 8 heteroatoms. The maximum absolute atomic E-state index is 2.52. The van der Waals surface area contributed by atoms with E-state index in [4.69, 9.17) is 0 Å². The van der Waals surface area contributed by atoms with E-state index in [9.17, 15) is 0 Å². The van der Waals surface area contributed by atoms with Crippen molar-refractivity contribution in [2.75, 3.05) is 0 Å². The average Bonchev–Trinajstić information content (AvgIpc) is 1.52. The van der Waals surface area contributed by atoms with Crippen molar-refractivity contribution in [3.63, 3.8) is 0 Å². The van der Waals surface area contributed by atoms with Gasteiger partial charge in [-0.25, -0.2) is 0 Å². The van der Waals surface area contributed by atoms with Crippen LogP contribution in [-0.2, 0) is 0 Å². The summed E-state index contributed by atoms with van der Waals surface area (Å²) in [5.74, 6) is 0. The van der Waals surface area contributed by atoms with Crippen molar-refractivity contribution in [3.8, 4) is 101 Å². The average molecular weight is 1700 g/mol. The first-order valence-electron chi connectivity index (χ1n) is 46.6. The van der Waals surface area contributed by atoms with Crippen molar-refractivity contribution in [1.29, 1.82) is 0 Å². The van der Waals surface area contributed by atoms with E-state index in [0.29, 0.717) is 0 Å². The summed E-state index contributed by atoms with van der Waals surface area (Å²) in [6, 6.07) is 178. The van der Waals surface area contributed by atoms with Gasteiger partial charge in [-0.15, -0.1) is 0 Å². The highest BCUT2D eigenvalue weighted by Crippen LogP contribution is 2.48. The maximum Gasteiger partial charge on any atom is 0.242 e. The fraction of sp³-hybridized carbons (Fsp3) is 0. The summed E-state index contributed by atoms with van der Waals surface area (Å²) in [5, 5.41) is 14.6. The fourth-order valence-electron chi connectivity index (χ4n) is 23.8. The van der Waals surface area contributed by atoms with Crippen molar-refractivity contribution in [1.82, 2.24) is 27.4 Å². The van der Waals surface area contributed by atoms with E-state index in [0.717, 1.165) is 101 Å². The van der Waals surface area contributed by atoms with E-state index in [2.05, 4.69) is 501 Å². The first-order chi connectivity index (χ1) is 66.5. The second-order valence-electron chi connectivity index (χ2n) is 36.5. The molecule has 618 valence electrons. The van der Waals surface area contributed by atoms with Gasteiger partial charge in [-0.2, -0.15) is 0 Å². The van der Waals surface area contributed by atoms with Crippen molar-refractivity contribution in [2.45, 2.75) is 0 Å². The van der Waals surface area contributed by atoms with Crippen LogP contribution in [0.15, 0.2) is 473 Å². The van der Waals surface area contributed by atoms with E-state index in [1.54, 1.807) is 0 Å². The smallest absolute Gasteiger partial charge is 0.242 e. The summed E-state index contributed by atoms with van der Waals surface area (Å²) in [4.78, 5) is 0. The number of fused-ring (bicyclic) bond motifs is 24. The monoisotopic (exact) mass is 1700 g/mol. The van der Waals surface area contributed by atoms with Gasteiger partial charge in [-0.3, -0.25) is 0 Å². The Hall–Kier alpha value is -17.5. The van der Waals surface area contributed by atoms with E-state index in [-0.39, 0.29) is 13.4 Å². The van der Waals surface area contributed by atoms with E-state index < -0.39 is 0 Å². The zero-order valence-corrected chi connectivity index (χ0v) is 72.9. The first kappa shape index (κ1) is 74.5. The van der Waals surface area contributed by atoms with Gasteiger partial charge >= 0.3 is 0 Å². The number of rotatable bonds is 12. The minimum absolute atomic E-state index is 0.0919. The number of aromatic nitrogens is 6. The fourth-order valence-corrected chi connectivity index (χ4v) is 23.8. The number of nitrogens with zero attached hydrogens (tertiary/aromatic N) is 6. The van der Waals surface area contributed by atoms with Crippen LogP contribution in [0.25, 0.3) is 232 Å². The molecule has 134 heavy (non-hydrogen) atoms. The van der Waals surface area contributed by atoms with Crippen LogP contribution in [0.4, 0.5) is 0 Å². The van der Waals surface area contributed by atoms with Gasteiger partial charge in [-0.05, 0) is 224 Å². The lowest BCUT2D eigenvalue weighted by atomic mass is 9.39. The molecule has 2 aliphatic heterocycles. The highest BCUT2D eigenvalue weighted by molar-refractivity contribution is 6.99. The van der Waals surface area contributed by atoms with Gasteiger partial charge in [0.2, 0.25) is 13.4 Å². The summed E-state index contributed by atoms with van der Waals surface area (Å²) < 4.78 is 14.8. The SMILES string of the molecule is c1ccc2c(c1)B(c1ccc(-c3cc(-c4ccc(-n5c6ccc(-n7c8ccccc8c8ccccc87)cc6c6cc(-n7c8ccccc8c8ccccc87)ccc65)cc4)c(-c4ccc(B5c6ccccc6-c6ccccc65)cc4)cc3-c3ccc(-n4c5ccc(-n6c7ccccc7c7ccccc76)cc5c5cc(-n6c7ccccc7c7ccccc76)ccc54)cc3)cc1)c1ccccc1-2. The van der Waals surface area contributed by atoms with Gasteiger partial charge in [0.25, 0.3) is 0 Å². The molecule has 0 fully saturated rings. The molecule has 0 saturated heterocycles. The minimum atomic E-state index is 0.0919. The second-order valence-corrected chi connectivity index (χ2v) is 36.5. The maximum atomic E-state index is 2.52. The molecule has 6 nitrogen and oxygen atoms in total. The molecule has 21 aromatic carbocycles. The second kappa shape index (κ2) is 29.0. The lowest BCUT2D eigenvalue weighted by Crippen LogP contribution is -2.48. The molecular weight excluding hydrogens is 1620 g/mol. The van der Waals surface area contributed by atoms with Gasteiger partial charge in [0.1, 0.15) is 0 Å². The third-order valence-electron chi connectivity index (χ3n) is 29.6. The summed E-state index contributed by atoms with van der Waals surface area (Å²) in [6.07, 6.45) is 0. The number of hydrogen-bond acceptors (Lipinski definition) is 0. The molecule has 0 N–H and O–H groups in total. The molecule has 0 unspecified atom stereocenters. The van der Waals surface area contributed by atoms with Crippen LogP contribution in [0.5, 0.6) is 0 Å². The van der Waals surface area contributed by atoms with Crippen LogP contribution in [0.1, 0.15) is 0 Å². The van der Waals surface area contributed by atoms with Crippen LogP contribution >= 0.6 is 0 Å². The topological polar surface area (TPSA) is 29.6 Å². The van der Waals surface area contributed by atoms with Gasteiger partial charge in [0, 0.05) is 98.8 Å². The molecule has 27 aromatic rings. The molecule has 0 amide bonds. The largest absolute Gasteiger partial charge is 0.309 e. The number of hydrogen-bond donors (Lipinski definition) is 0. The van der Waals surface area contributed by atoms with Crippen LogP contribution < -0.4 is 32.8 Å². The third kappa shape index (κ3) is 11.0. The Morgan fingerprint density at radius 3 is 0.515 bits per heavy atom. The van der Waals surface area contributed by atoms with Crippen LogP contribution in [0.3, 0.4) is 0 Å². The van der Waals surface area contributed by atoms with Crippen molar-refractivity contribution in [2.24, 2.45) is 0 Å². The Labute approximate surface area is 773 Å². The highest BCUT2D eigenvalue weighted by atomic mass is 15.0. The van der Waals surface area contributed by atoms with E-state index >= 15 is 0 Å². The number of benzene rings is 21. The zero-order chi connectivity index (χ0) is 87.5. The Morgan fingerprint density at radius 1 is 0.119 bits per heavy atom. The lowest BCUT2D eigenvalue weighted by Gasteiger charge is -2.20.